The number of hydrogen-bond acceptors (Lipinski definition) is 7. The van der Waals surface area contributed by atoms with Crippen molar-refractivity contribution in [2.45, 2.75) is 70.6 Å². The first-order chi connectivity index (χ1) is 18.5. The lowest BCUT2D eigenvalue weighted by Gasteiger charge is -2.46. The van der Waals surface area contributed by atoms with Crippen molar-refractivity contribution in [3.63, 3.8) is 0 Å². The van der Waals surface area contributed by atoms with Gasteiger partial charge in [-0.25, -0.2) is 4.39 Å². The Bertz CT molecular complexity index is 1200. The molecule has 1 aromatic carbocycles. The van der Waals surface area contributed by atoms with Gasteiger partial charge in [-0.05, 0) is 44.0 Å². The molecule has 5 rings (SSSR count). The largest absolute Gasteiger partial charge is 0.508 e. The molecule has 0 saturated carbocycles. The number of amides is 1. The number of rotatable bonds is 6. The van der Waals surface area contributed by atoms with Crippen molar-refractivity contribution in [2.75, 3.05) is 50.8 Å². The fourth-order valence-corrected chi connectivity index (χ4v) is 6.31. The van der Waals surface area contributed by atoms with E-state index in [1.54, 1.807) is 12.3 Å². The molecule has 2 fully saturated rings. The summed E-state index contributed by atoms with van der Waals surface area (Å²) in [6.45, 7) is 15.8. The highest BCUT2D eigenvalue weighted by Crippen LogP contribution is 2.40. The van der Waals surface area contributed by atoms with Crippen LogP contribution in [0.2, 0.25) is 0 Å². The van der Waals surface area contributed by atoms with E-state index in [4.69, 9.17) is 9.72 Å². The third kappa shape index (κ3) is 5.96. The number of anilines is 1. The quantitative estimate of drug-likeness (QED) is 0.584. The summed E-state index contributed by atoms with van der Waals surface area (Å²) in [4.78, 5) is 25.4. The molecule has 8 nitrogen and oxygen atoms in total. The third-order valence-corrected chi connectivity index (χ3v) is 8.49. The van der Waals surface area contributed by atoms with Crippen LogP contribution in [0.1, 0.15) is 51.4 Å². The smallest absolute Gasteiger partial charge is 0.241 e. The highest BCUT2D eigenvalue weighted by molar-refractivity contribution is 5.97. The van der Waals surface area contributed by atoms with Crippen molar-refractivity contribution in [2.24, 2.45) is 0 Å². The van der Waals surface area contributed by atoms with Crippen LogP contribution in [-0.4, -0.2) is 95.9 Å². The summed E-state index contributed by atoms with van der Waals surface area (Å²) in [6, 6.07) is 7.31. The zero-order valence-electron chi connectivity index (χ0n) is 23.8. The Hall–Kier alpha value is -2.59. The van der Waals surface area contributed by atoms with Crippen LogP contribution in [0.25, 0.3) is 0 Å². The summed E-state index contributed by atoms with van der Waals surface area (Å²) in [5.41, 5.74) is 2.96. The van der Waals surface area contributed by atoms with Crippen LogP contribution in [0.3, 0.4) is 0 Å². The Kier molecular flexibility index (Phi) is 7.97. The van der Waals surface area contributed by atoms with Crippen LogP contribution in [0.4, 0.5) is 10.1 Å². The Morgan fingerprint density at radius 2 is 1.95 bits per heavy atom. The van der Waals surface area contributed by atoms with E-state index in [1.165, 1.54) is 6.07 Å². The van der Waals surface area contributed by atoms with Crippen LogP contribution >= 0.6 is 0 Å². The first kappa shape index (κ1) is 28.0. The lowest BCUT2D eigenvalue weighted by atomic mass is 9.91. The topological polar surface area (TPSA) is 81.2 Å². The van der Waals surface area contributed by atoms with Crippen LogP contribution in [0.5, 0.6) is 5.75 Å². The fraction of sp³-hybridized carbons (Fsp3) is 0.600. The number of ether oxygens (including phenoxy) is 1. The van der Waals surface area contributed by atoms with Gasteiger partial charge < -0.3 is 20.1 Å². The average Bonchev–Trinajstić information content (AvgIpc) is 3.14. The van der Waals surface area contributed by atoms with Crippen molar-refractivity contribution in [1.82, 2.24) is 20.1 Å². The number of pyridine rings is 1. The van der Waals surface area contributed by atoms with Gasteiger partial charge in [-0.3, -0.25) is 19.6 Å². The van der Waals surface area contributed by atoms with Gasteiger partial charge in [0.1, 0.15) is 11.6 Å². The molecule has 1 amide bonds. The molecule has 39 heavy (non-hydrogen) atoms. The molecule has 2 N–H and O–H groups in total. The van der Waals surface area contributed by atoms with Gasteiger partial charge in [0.05, 0.1) is 31.1 Å². The van der Waals surface area contributed by atoms with E-state index in [1.807, 2.05) is 11.0 Å². The first-order valence-corrected chi connectivity index (χ1v) is 14.1. The molecule has 3 aliphatic rings. The van der Waals surface area contributed by atoms with Crippen LogP contribution in [0, 0.1) is 5.82 Å². The van der Waals surface area contributed by atoms with E-state index in [0.717, 1.165) is 55.9 Å². The highest BCUT2D eigenvalue weighted by atomic mass is 19.1. The van der Waals surface area contributed by atoms with Gasteiger partial charge in [0.25, 0.3) is 0 Å². The zero-order valence-corrected chi connectivity index (χ0v) is 23.8. The number of benzene rings is 1. The maximum absolute atomic E-state index is 13.9. The molecule has 0 bridgehead atoms. The van der Waals surface area contributed by atoms with Crippen molar-refractivity contribution in [1.29, 1.82) is 0 Å². The highest BCUT2D eigenvalue weighted by Gasteiger charge is 2.41. The zero-order chi connectivity index (χ0) is 27.9. The number of nitrogens with one attached hydrogen (secondary N) is 1. The molecule has 4 heterocycles. The van der Waals surface area contributed by atoms with Gasteiger partial charge in [0, 0.05) is 74.4 Å². The predicted octanol–water partition coefficient (Wildman–Crippen LogP) is 2.91. The van der Waals surface area contributed by atoms with Crippen molar-refractivity contribution in [3.8, 4) is 5.75 Å². The van der Waals surface area contributed by atoms with Gasteiger partial charge in [-0.2, -0.15) is 0 Å². The van der Waals surface area contributed by atoms with Crippen molar-refractivity contribution < 1.29 is 19.0 Å². The number of carbonyl (C=O) groups excluding carboxylic acids is 1. The SMILES string of the molecule is C[C@@H]1CN(CC(=O)N2CC(C)(C)c3ncc(Cc4ccc(F)cc4O)cc32)[C@@H](CN2[C@H](C)COC[C@H]2C)CN1. The number of piperazine rings is 1. The number of halogens is 1. The number of nitrogens with zero attached hydrogens (tertiary/aromatic N) is 4. The molecular formula is C30H42FN5O3. The maximum Gasteiger partial charge on any atom is 0.241 e. The minimum Gasteiger partial charge on any atom is -0.508 e. The van der Waals surface area contributed by atoms with Gasteiger partial charge in [-0.15, -0.1) is 0 Å². The summed E-state index contributed by atoms with van der Waals surface area (Å²) < 4.78 is 19.2. The van der Waals surface area contributed by atoms with Crippen molar-refractivity contribution in [3.05, 3.63) is 53.1 Å². The first-order valence-electron chi connectivity index (χ1n) is 14.1. The minimum atomic E-state index is -0.472. The van der Waals surface area contributed by atoms with E-state index < -0.39 is 5.82 Å². The normalized spacial score (nSPS) is 27.5. The molecule has 0 radical (unpaired) electrons. The Morgan fingerprint density at radius 3 is 2.67 bits per heavy atom. The van der Waals surface area contributed by atoms with Crippen LogP contribution < -0.4 is 10.2 Å². The molecular weight excluding hydrogens is 497 g/mol. The number of hydrogen-bond donors (Lipinski definition) is 2. The molecule has 4 atom stereocenters. The molecule has 0 unspecified atom stereocenters. The van der Waals surface area contributed by atoms with Gasteiger partial charge in [0.15, 0.2) is 0 Å². The molecule has 212 valence electrons. The van der Waals surface area contributed by atoms with Crippen LogP contribution in [0.15, 0.2) is 30.5 Å². The average molecular weight is 540 g/mol. The standard InChI is InChI=1S/C30H42FN5O3/c1-19-13-34(25(12-32-19)14-35-20(2)16-39-17-21(35)3)15-28(38)36-18-30(4,5)29-26(36)9-22(11-33-29)8-23-6-7-24(31)10-27(23)37/h6-7,9-11,19-21,25,32,37H,8,12-18H2,1-5H3/t19-,20-,21-,25-/m1/s1. The maximum atomic E-state index is 13.9. The second-order valence-electron chi connectivity index (χ2n) is 12.3. The number of morpholine rings is 1. The number of phenolic OH excluding ortho intramolecular Hbond substituents is 1. The van der Waals surface area contributed by atoms with E-state index in [0.29, 0.717) is 43.2 Å². The van der Waals surface area contributed by atoms with Gasteiger partial charge in [0.2, 0.25) is 5.91 Å². The molecule has 3 aliphatic heterocycles. The fourth-order valence-electron chi connectivity index (χ4n) is 6.31. The second-order valence-corrected chi connectivity index (χ2v) is 12.3. The number of fused-ring (bicyclic) bond motifs is 1. The molecule has 1 aromatic heterocycles. The molecule has 0 spiro atoms. The summed E-state index contributed by atoms with van der Waals surface area (Å²) >= 11 is 0. The Balaban J connectivity index is 1.34. The lowest BCUT2D eigenvalue weighted by Crippen LogP contribution is -2.63. The second kappa shape index (κ2) is 11.1. The van der Waals surface area contributed by atoms with Gasteiger partial charge >= 0.3 is 0 Å². The molecule has 2 saturated heterocycles. The predicted molar refractivity (Wildman–Crippen MR) is 150 cm³/mol. The number of phenols is 1. The summed E-state index contributed by atoms with van der Waals surface area (Å²) in [5.74, 6) is -0.473. The number of aromatic hydroxyl groups is 1. The summed E-state index contributed by atoms with van der Waals surface area (Å²) in [7, 11) is 0. The lowest BCUT2D eigenvalue weighted by molar-refractivity contribution is -0.121. The number of aromatic nitrogens is 1. The molecule has 0 aliphatic carbocycles. The van der Waals surface area contributed by atoms with Crippen molar-refractivity contribution >= 4 is 11.6 Å². The molecule has 2 aromatic rings. The molecule has 9 heteroatoms. The van der Waals surface area contributed by atoms with Gasteiger partial charge in [-0.1, -0.05) is 19.9 Å². The monoisotopic (exact) mass is 539 g/mol. The van der Waals surface area contributed by atoms with E-state index in [2.05, 4.69) is 49.7 Å². The van der Waals surface area contributed by atoms with E-state index >= 15 is 0 Å². The summed E-state index contributed by atoms with van der Waals surface area (Å²) in [5, 5.41) is 13.8. The minimum absolute atomic E-state index is 0.0765. The third-order valence-electron chi connectivity index (χ3n) is 8.49. The van der Waals surface area contributed by atoms with E-state index in [-0.39, 0.29) is 23.1 Å². The van der Waals surface area contributed by atoms with E-state index in [9.17, 15) is 14.3 Å². The number of carbonyl (C=O) groups is 1. The Labute approximate surface area is 231 Å². The van der Waals surface area contributed by atoms with Crippen LogP contribution in [-0.2, 0) is 21.4 Å². The Morgan fingerprint density at radius 1 is 1.21 bits per heavy atom. The summed E-state index contributed by atoms with van der Waals surface area (Å²) in [6.07, 6.45) is 2.21.